The molecule has 1 heterocycles. The molecule has 1 aromatic heterocycles. The first kappa shape index (κ1) is 15.4. The van der Waals surface area contributed by atoms with Gasteiger partial charge in [0.2, 0.25) is 0 Å². The second-order valence-electron chi connectivity index (χ2n) is 3.63. The van der Waals surface area contributed by atoms with Crippen LogP contribution in [0, 0.1) is 17.1 Å². The number of halogens is 1. The van der Waals surface area contributed by atoms with Crippen LogP contribution in [-0.4, -0.2) is 15.9 Å². The first-order valence-corrected chi connectivity index (χ1v) is 5.04. The van der Waals surface area contributed by atoms with Crippen molar-refractivity contribution in [1.82, 2.24) is 9.97 Å². The van der Waals surface area contributed by atoms with Crippen molar-refractivity contribution in [2.24, 2.45) is 0 Å². The summed E-state index contributed by atoms with van der Waals surface area (Å²) < 4.78 is 13.3. The van der Waals surface area contributed by atoms with Crippen molar-refractivity contribution >= 4 is 5.97 Å². The molecule has 0 amide bonds. The van der Waals surface area contributed by atoms with E-state index in [1.807, 2.05) is 0 Å². The third-order valence-corrected chi connectivity index (χ3v) is 2.37. The number of carboxylic acids is 1. The van der Waals surface area contributed by atoms with E-state index in [9.17, 15) is 14.3 Å². The Bertz CT molecular complexity index is 649. The first-order chi connectivity index (χ1) is 8.60. The van der Waals surface area contributed by atoms with Crippen molar-refractivity contribution in [3.63, 3.8) is 0 Å². The molecule has 90 valence electrons. The zero-order valence-corrected chi connectivity index (χ0v) is 12.1. The van der Waals surface area contributed by atoms with Gasteiger partial charge in [0.1, 0.15) is 17.7 Å². The number of benzene rings is 1. The van der Waals surface area contributed by atoms with E-state index in [0.717, 1.165) is 6.20 Å². The fourth-order valence-corrected chi connectivity index (χ4v) is 1.51. The number of hydrogen-bond acceptors (Lipinski definition) is 4. The van der Waals surface area contributed by atoms with E-state index in [1.54, 1.807) is 12.1 Å². The Hall–Kier alpha value is -1.68. The molecule has 0 fully saturated rings. The molecule has 1 N–H and O–H groups in total. The summed E-state index contributed by atoms with van der Waals surface area (Å²) >= 11 is 0. The summed E-state index contributed by atoms with van der Waals surface area (Å²) in [6.07, 6.45) is 1.39. The smallest absolute Gasteiger partial charge is 0.543 e. The molecule has 19 heavy (non-hydrogen) atoms. The molecule has 0 spiro atoms. The third-order valence-electron chi connectivity index (χ3n) is 2.37. The number of aromatic carboxylic acids is 1. The molecule has 0 unspecified atom stereocenters. The van der Waals surface area contributed by atoms with Crippen LogP contribution in [0.3, 0.4) is 0 Å². The Kier molecular flexibility index (Phi) is 5.24. The van der Waals surface area contributed by atoms with E-state index >= 15 is 0 Å². The number of hydrogen-bond donors (Lipinski definition) is 1. The molecule has 0 bridgehead atoms. The van der Waals surface area contributed by atoms with Gasteiger partial charge in [0, 0.05) is 6.42 Å². The van der Waals surface area contributed by atoms with Gasteiger partial charge < -0.3 is 14.9 Å². The SMILES string of the molecule is N#Cc1ccc(Cc2ncc(C(=O)[O-])[nH]2)cc1F.[Na+]. The van der Waals surface area contributed by atoms with Crippen LogP contribution in [0.4, 0.5) is 4.39 Å². The van der Waals surface area contributed by atoms with Crippen LogP contribution in [-0.2, 0) is 6.42 Å². The third kappa shape index (κ3) is 3.64. The number of aromatic amines is 1. The molecule has 0 aliphatic rings. The van der Waals surface area contributed by atoms with Crippen molar-refractivity contribution in [3.8, 4) is 6.07 Å². The first-order valence-electron chi connectivity index (χ1n) is 5.04. The van der Waals surface area contributed by atoms with Crippen molar-refractivity contribution in [1.29, 1.82) is 5.26 Å². The standard InChI is InChI=1S/C12H8FN3O2.Na/c13-9-3-7(1-2-8(9)5-14)4-11-15-6-10(16-11)12(17)18;/h1-3,6H,4H2,(H,15,16)(H,17,18);/q;+1/p-1. The molecular weight excluding hydrogens is 260 g/mol. The van der Waals surface area contributed by atoms with Gasteiger partial charge >= 0.3 is 29.6 Å². The van der Waals surface area contributed by atoms with Gasteiger partial charge in [-0.2, -0.15) is 5.26 Å². The fourth-order valence-electron chi connectivity index (χ4n) is 1.51. The van der Waals surface area contributed by atoms with Gasteiger partial charge in [-0.3, -0.25) is 0 Å². The average molecular weight is 267 g/mol. The summed E-state index contributed by atoms with van der Waals surface area (Å²) in [5.74, 6) is -1.57. The quantitative estimate of drug-likeness (QED) is 0.616. The maximum absolute atomic E-state index is 13.3. The molecule has 0 aliphatic carbocycles. The van der Waals surface area contributed by atoms with Crippen molar-refractivity contribution < 1.29 is 43.8 Å². The van der Waals surface area contributed by atoms with Crippen LogP contribution >= 0.6 is 0 Å². The molecule has 0 atom stereocenters. The maximum atomic E-state index is 13.3. The second kappa shape index (κ2) is 6.48. The zero-order valence-electron chi connectivity index (χ0n) is 10.1. The van der Waals surface area contributed by atoms with E-state index in [1.165, 1.54) is 12.1 Å². The molecule has 5 nitrogen and oxygen atoms in total. The Morgan fingerprint density at radius 2 is 2.26 bits per heavy atom. The number of aromatic nitrogens is 2. The van der Waals surface area contributed by atoms with Gasteiger partial charge in [0.25, 0.3) is 0 Å². The minimum Gasteiger partial charge on any atom is -0.543 e. The topological polar surface area (TPSA) is 92.6 Å². The number of imidazole rings is 1. The number of nitrogens with one attached hydrogen (secondary N) is 1. The van der Waals surface area contributed by atoms with Crippen LogP contribution < -0.4 is 34.7 Å². The number of nitriles is 1. The molecule has 0 saturated heterocycles. The summed E-state index contributed by atoms with van der Waals surface area (Å²) in [6.45, 7) is 0. The zero-order chi connectivity index (χ0) is 13.1. The summed E-state index contributed by atoms with van der Waals surface area (Å²) in [4.78, 5) is 16.9. The fraction of sp³-hybridized carbons (Fsp3) is 0.0833. The van der Waals surface area contributed by atoms with Crippen LogP contribution in [0.15, 0.2) is 24.4 Å². The molecule has 0 saturated carbocycles. The summed E-state index contributed by atoms with van der Waals surface area (Å²) in [5, 5.41) is 19.1. The van der Waals surface area contributed by atoms with Gasteiger partial charge in [-0.1, -0.05) is 6.07 Å². The Morgan fingerprint density at radius 3 is 2.79 bits per heavy atom. The van der Waals surface area contributed by atoms with E-state index < -0.39 is 11.8 Å². The predicted molar refractivity (Wildman–Crippen MR) is 56.8 cm³/mol. The summed E-state index contributed by atoms with van der Waals surface area (Å²) in [6, 6.07) is 5.90. The van der Waals surface area contributed by atoms with E-state index in [2.05, 4.69) is 9.97 Å². The van der Waals surface area contributed by atoms with E-state index in [0.29, 0.717) is 11.4 Å². The number of carboxylic acid groups (broad SMARTS) is 1. The Morgan fingerprint density at radius 1 is 1.53 bits per heavy atom. The van der Waals surface area contributed by atoms with Crippen molar-refractivity contribution in [2.75, 3.05) is 0 Å². The van der Waals surface area contributed by atoms with Crippen LogP contribution in [0.1, 0.15) is 27.4 Å². The molecule has 2 aromatic rings. The van der Waals surface area contributed by atoms with Crippen LogP contribution in [0.5, 0.6) is 0 Å². The number of rotatable bonds is 3. The minimum atomic E-state index is -1.35. The molecule has 1 aromatic carbocycles. The molecule has 0 aliphatic heterocycles. The number of H-pyrrole nitrogens is 1. The maximum Gasteiger partial charge on any atom is 1.00 e. The molecule has 7 heteroatoms. The van der Waals surface area contributed by atoms with Crippen molar-refractivity contribution in [2.45, 2.75) is 6.42 Å². The summed E-state index contributed by atoms with van der Waals surface area (Å²) in [5.41, 5.74) is 0.429. The summed E-state index contributed by atoms with van der Waals surface area (Å²) in [7, 11) is 0. The minimum absolute atomic E-state index is 0. The van der Waals surface area contributed by atoms with E-state index in [-0.39, 0.29) is 47.2 Å². The van der Waals surface area contributed by atoms with Gasteiger partial charge in [-0.25, -0.2) is 9.37 Å². The Labute approximate surface area is 130 Å². The normalized spacial score (nSPS) is 9.47. The van der Waals surface area contributed by atoms with Gasteiger partial charge in [0.15, 0.2) is 0 Å². The van der Waals surface area contributed by atoms with Gasteiger partial charge in [-0.15, -0.1) is 0 Å². The monoisotopic (exact) mass is 267 g/mol. The predicted octanol–water partition coefficient (Wildman–Crippen LogP) is -2.62. The van der Waals surface area contributed by atoms with Crippen LogP contribution in [0.25, 0.3) is 0 Å². The largest absolute Gasteiger partial charge is 1.00 e. The van der Waals surface area contributed by atoms with Gasteiger partial charge in [0.05, 0.1) is 23.4 Å². The average Bonchev–Trinajstić information content (AvgIpc) is 2.78. The van der Waals surface area contributed by atoms with E-state index in [4.69, 9.17) is 5.26 Å². The second-order valence-corrected chi connectivity index (χ2v) is 3.63. The Balaban J connectivity index is 0.00000180. The number of carbonyl (C=O) groups is 1. The van der Waals surface area contributed by atoms with Crippen LogP contribution in [0.2, 0.25) is 0 Å². The molecule has 0 radical (unpaired) electrons. The van der Waals surface area contributed by atoms with Crippen molar-refractivity contribution in [3.05, 3.63) is 52.9 Å². The number of nitrogens with zero attached hydrogens (tertiary/aromatic N) is 2. The molecular formula is C12H7FN3NaO2. The number of carbonyl (C=O) groups excluding carboxylic acids is 1. The van der Waals surface area contributed by atoms with Gasteiger partial charge in [-0.05, 0) is 17.7 Å². The molecule has 2 rings (SSSR count).